The Kier molecular flexibility index (Phi) is 6.07. The van der Waals surface area contributed by atoms with Gasteiger partial charge in [-0.25, -0.2) is 13.1 Å². The Morgan fingerprint density at radius 3 is 2.72 bits per heavy atom. The first-order valence-electron chi connectivity index (χ1n) is 7.75. The number of carbonyl (C=O) groups excluding carboxylic acids is 1. The van der Waals surface area contributed by atoms with Gasteiger partial charge < -0.3 is 10.2 Å². The number of likely N-dealkylation sites (N-methyl/N-ethyl adjacent to an activating group) is 1. The van der Waals surface area contributed by atoms with Crippen molar-refractivity contribution in [3.8, 4) is 0 Å². The predicted molar refractivity (Wildman–Crippen MR) is 85.3 cm³/mol. The molecule has 0 spiro atoms. The largest absolute Gasteiger partial charge is 0.416 e. The van der Waals surface area contributed by atoms with Gasteiger partial charge in [-0.1, -0.05) is 6.07 Å². The number of nitrogens with one attached hydrogen (secondary N) is 2. The van der Waals surface area contributed by atoms with E-state index in [9.17, 15) is 26.4 Å². The van der Waals surface area contributed by atoms with Gasteiger partial charge >= 0.3 is 6.18 Å². The van der Waals surface area contributed by atoms with Crippen LogP contribution in [0.2, 0.25) is 0 Å². The van der Waals surface area contributed by atoms with E-state index in [1.807, 2.05) is 0 Å². The third-order valence-electron chi connectivity index (χ3n) is 4.07. The molecule has 1 aliphatic rings. The molecule has 25 heavy (non-hydrogen) atoms. The van der Waals surface area contributed by atoms with Crippen molar-refractivity contribution in [1.82, 2.24) is 14.9 Å². The van der Waals surface area contributed by atoms with E-state index in [4.69, 9.17) is 0 Å². The molecule has 1 fully saturated rings. The monoisotopic (exact) mass is 379 g/mol. The van der Waals surface area contributed by atoms with E-state index >= 15 is 0 Å². The van der Waals surface area contributed by atoms with Crippen molar-refractivity contribution in [2.45, 2.75) is 30.0 Å². The molecule has 2 N–H and O–H groups in total. The second-order valence-corrected chi connectivity index (χ2v) is 7.58. The summed E-state index contributed by atoms with van der Waals surface area (Å²) in [6.45, 7) is 0.512. The van der Waals surface area contributed by atoms with Crippen LogP contribution < -0.4 is 10.0 Å². The highest BCUT2D eigenvalue weighted by atomic mass is 32.2. The summed E-state index contributed by atoms with van der Waals surface area (Å²) in [5.74, 6) is -0.407. The number of carbonyl (C=O) groups is 1. The van der Waals surface area contributed by atoms with E-state index in [-0.39, 0.29) is 6.04 Å². The first kappa shape index (κ1) is 19.7. The molecule has 1 aromatic rings. The summed E-state index contributed by atoms with van der Waals surface area (Å²) in [5.41, 5.74) is -1.06. The summed E-state index contributed by atoms with van der Waals surface area (Å²) in [6.07, 6.45) is -2.91. The van der Waals surface area contributed by atoms with Gasteiger partial charge in [-0.15, -0.1) is 0 Å². The van der Waals surface area contributed by atoms with Crippen molar-refractivity contribution < 1.29 is 26.4 Å². The van der Waals surface area contributed by atoms with Gasteiger partial charge in [-0.05, 0) is 38.1 Å². The molecule has 1 heterocycles. The minimum absolute atomic E-state index is 0.151. The molecule has 1 aliphatic heterocycles. The maximum atomic E-state index is 12.7. The molecule has 0 radical (unpaired) electrons. The number of hydrogen-bond donors (Lipinski definition) is 2. The predicted octanol–water partition coefficient (Wildman–Crippen LogP) is 1.19. The zero-order chi connectivity index (χ0) is 18.7. The third-order valence-corrected chi connectivity index (χ3v) is 5.47. The van der Waals surface area contributed by atoms with Gasteiger partial charge in [0.1, 0.15) is 0 Å². The van der Waals surface area contributed by atoms with Crippen molar-refractivity contribution >= 4 is 15.9 Å². The Morgan fingerprint density at radius 1 is 1.36 bits per heavy atom. The summed E-state index contributed by atoms with van der Waals surface area (Å²) < 4.78 is 64.5. The molecule has 1 aromatic carbocycles. The van der Waals surface area contributed by atoms with Crippen LogP contribution in [0.15, 0.2) is 29.2 Å². The van der Waals surface area contributed by atoms with Gasteiger partial charge in [0.2, 0.25) is 15.9 Å². The van der Waals surface area contributed by atoms with Gasteiger partial charge in [0.15, 0.2) is 0 Å². The van der Waals surface area contributed by atoms with E-state index in [1.165, 1.54) is 0 Å². The van der Waals surface area contributed by atoms with Crippen LogP contribution >= 0.6 is 0 Å². The van der Waals surface area contributed by atoms with E-state index in [1.54, 1.807) is 11.9 Å². The quantitative estimate of drug-likeness (QED) is 0.806. The van der Waals surface area contributed by atoms with Gasteiger partial charge in [-0.2, -0.15) is 13.2 Å². The molecule has 1 unspecified atom stereocenters. The van der Waals surface area contributed by atoms with Gasteiger partial charge in [-0.3, -0.25) is 4.79 Å². The highest BCUT2D eigenvalue weighted by Gasteiger charge is 2.32. The zero-order valence-corrected chi connectivity index (χ0v) is 14.5. The molecule has 2 rings (SSSR count). The molecule has 0 aliphatic carbocycles. The molecule has 1 amide bonds. The van der Waals surface area contributed by atoms with Crippen molar-refractivity contribution in [1.29, 1.82) is 0 Å². The normalized spacial score (nSPS) is 19.0. The van der Waals surface area contributed by atoms with Crippen molar-refractivity contribution in [3.05, 3.63) is 29.8 Å². The standard InChI is InChI=1S/C15H20F3N3O3S/c1-19-12-5-3-7-21(10-12)14(22)9-20-25(23,24)13-6-2-4-11(8-13)15(16,17)18/h2,4,6,8,12,19-20H,3,5,7,9-10H2,1H3. The van der Waals surface area contributed by atoms with Gasteiger partial charge in [0.25, 0.3) is 0 Å². The number of benzene rings is 1. The highest BCUT2D eigenvalue weighted by molar-refractivity contribution is 7.89. The second kappa shape index (κ2) is 7.71. The summed E-state index contributed by atoms with van der Waals surface area (Å²) in [7, 11) is -2.42. The Bertz CT molecular complexity index is 722. The Hall–Kier alpha value is -1.65. The number of nitrogens with zero attached hydrogens (tertiary/aromatic N) is 1. The minimum atomic E-state index is -4.64. The lowest BCUT2D eigenvalue weighted by Crippen LogP contribution is -2.49. The third kappa shape index (κ3) is 5.16. The average Bonchev–Trinajstić information content (AvgIpc) is 2.59. The number of alkyl halides is 3. The molecule has 10 heteroatoms. The fourth-order valence-corrected chi connectivity index (χ4v) is 3.65. The number of amides is 1. The maximum absolute atomic E-state index is 12.7. The Balaban J connectivity index is 2.03. The molecule has 0 saturated carbocycles. The van der Waals surface area contributed by atoms with Crippen LogP contribution in [-0.4, -0.2) is 51.9 Å². The fraction of sp³-hybridized carbons (Fsp3) is 0.533. The molecule has 1 atom stereocenters. The van der Waals surface area contributed by atoms with E-state index < -0.39 is 39.1 Å². The van der Waals surface area contributed by atoms with Crippen LogP contribution in [0.3, 0.4) is 0 Å². The molecule has 6 nitrogen and oxygen atoms in total. The number of halogens is 3. The van der Waals surface area contributed by atoms with Gasteiger partial charge in [0.05, 0.1) is 17.0 Å². The first-order valence-corrected chi connectivity index (χ1v) is 9.24. The zero-order valence-electron chi connectivity index (χ0n) is 13.6. The molecular formula is C15H20F3N3O3S. The summed E-state index contributed by atoms with van der Waals surface area (Å²) >= 11 is 0. The molecule has 140 valence electrons. The SMILES string of the molecule is CNC1CCCN(C(=O)CNS(=O)(=O)c2cccc(C(F)(F)F)c2)C1. The lowest BCUT2D eigenvalue weighted by molar-refractivity contribution is -0.137. The summed E-state index contributed by atoms with van der Waals surface area (Å²) in [5, 5.41) is 3.07. The topological polar surface area (TPSA) is 78.5 Å². The molecule has 0 bridgehead atoms. The van der Waals surface area contributed by atoms with Crippen LogP contribution in [0.4, 0.5) is 13.2 Å². The van der Waals surface area contributed by atoms with E-state index in [0.29, 0.717) is 19.2 Å². The number of rotatable bonds is 5. The first-order chi connectivity index (χ1) is 11.6. The second-order valence-electron chi connectivity index (χ2n) is 5.82. The summed E-state index contributed by atoms with van der Waals surface area (Å²) in [6, 6.07) is 3.56. The number of hydrogen-bond acceptors (Lipinski definition) is 4. The van der Waals surface area contributed by atoms with E-state index in [0.717, 1.165) is 31.0 Å². The number of likely N-dealkylation sites (tertiary alicyclic amines) is 1. The van der Waals surface area contributed by atoms with Crippen LogP contribution in [0.1, 0.15) is 18.4 Å². The minimum Gasteiger partial charge on any atom is -0.340 e. The van der Waals surface area contributed by atoms with E-state index in [2.05, 4.69) is 10.0 Å². The lowest BCUT2D eigenvalue weighted by atomic mass is 10.1. The smallest absolute Gasteiger partial charge is 0.340 e. The molecule has 1 saturated heterocycles. The van der Waals surface area contributed by atoms with Crippen LogP contribution in [0, 0.1) is 0 Å². The fourth-order valence-electron chi connectivity index (χ4n) is 2.63. The number of sulfonamides is 1. The average molecular weight is 379 g/mol. The molecule has 0 aromatic heterocycles. The van der Waals surface area contributed by atoms with Crippen molar-refractivity contribution in [2.24, 2.45) is 0 Å². The Morgan fingerprint density at radius 2 is 2.08 bits per heavy atom. The summed E-state index contributed by atoms with van der Waals surface area (Å²) in [4.78, 5) is 13.2. The van der Waals surface area contributed by atoms with Crippen molar-refractivity contribution in [2.75, 3.05) is 26.7 Å². The van der Waals surface area contributed by atoms with Crippen LogP contribution in [-0.2, 0) is 21.0 Å². The van der Waals surface area contributed by atoms with Crippen LogP contribution in [0.5, 0.6) is 0 Å². The number of piperidine rings is 1. The Labute approximate surface area is 144 Å². The van der Waals surface area contributed by atoms with Crippen LogP contribution in [0.25, 0.3) is 0 Å². The maximum Gasteiger partial charge on any atom is 0.416 e. The van der Waals surface area contributed by atoms with Gasteiger partial charge in [0, 0.05) is 19.1 Å². The lowest BCUT2D eigenvalue weighted by Gasteiger charge is -2.32. The highest BCUT2D eigenvalue weighted by Crippen LogP contribution is 2.30. The molecular weight excluding hydrogens is 359 g/mol. The van der Waals surface area contributed by atoms with Crippen molar-refractivity contribution in [3.63, 3.8) is 0 Å².